The van der Waals surface area contributed by atoms with Gasteiger partial charge in [-0.15, -0.1) is 0 Å². The molecule has 1 amide bonds. The molecule has 0 fully saturated rings. The zero-order valence-corrected chi connectivity index (χ0v) is 13.0. The number of nitrogens with one attached hydrogen (secondary N) is 2. The number of rotatable bonds is 6. The zero-order chi connectivity index (χ0) is 16.7. The van der Waals surface area contributed by atoms with E-state index < -0.39 is 5.97 Å². The van der Waals surface area contributed by atoms with Crippen molar-refractivity contribution in [3.63, 3.8) is 0 Å². The van der Waals surface area contributed by atoms with Crippen LogP contribution in [0.2, 0.25) is 0 Å². The Balaban J connectivity index is 1.87. The van der Waals surface area contributed by atoms with E-state index in [2.05, 4.69) is 15.4 Å². The van der Waals surface area contributed by atoms with Crippen molar-refractivity contribution in [3.05, 3.63) is 54.1 Å². The number of hydrogen-bond acceptors (Lipinski definition) is 5. The van der Waals surface area contributed by atoms with E-state index in [0.29, 0.717) is 17.0 Å². The molecule has 0 unspecified atom stereocenters. The van der Waals surface area contributed by atoms with Crippen LogP contribution in [0.3, 0.4) is 0 Å². The summed E-state index contributed by atoms with van der Waals surface area (Å²) >= 11 is 0. The highest BCUT2D eigenvalue weighted by Gasteiger charge is 2.06. The quantitative estimate of drug-likeness (QED) is 0.801. The number of hydrogen-bond donors (Lipinski definition) is 2. The molecule has 6 nitrogen and oxygen atoms in total. The summed E-state index contributed by atoms with van der Waals surface area (Å²) in [5.74, 6) is 0.0942. The number of methoxy groups -OCH3 is 2. The lowest BCUT2D eigenvalue weighted by molar-refractivity contribution is -0.114. The van der Waals surface area contributed by atoms with Crippen LogP contribution in [0.5, 0.6) is 5.75 Å². The summed E-state index contributed by atoms with van der Waals surface area (Å²) < 4.78 is 9.73. The van der Waals surface area contributed by atoms with Crippen LogP contribution in [0, 0.1) is 0 Å². The second-order valence-corrected chi connectivity index (χ2v) is 4.70. The lowest BCUT2D eigenvalue weighted by Gasteiger charge is -2.09. The van der Waals surface area contributed by atoms with Gasteiger partial charge in [0.25, 0.3) is 0 Å². The standard InChI is InChI=1S/C17H18N2O4/c1-22-15-5-3-4-14(10-15)19-16(20)11-18-13-8-6-12(7-9-13)17(21)23-2/h3-10,18H,11H2,1-2H3,(H,19,20). The van der Waals surface area contributed by atoms with Crippen LogP contribution < -0.4 is 15.4 Å². The van der Waals surface area contributed by atoms with Crippen molar-refractivity contribution < 1.29 is 19.1 Å². The van der Waals surface area contributed by atoms with Crippen molar-refractivity contribution in [2.75, 3.05) is 31.4 Å². The second-order valence-electron chi connectivity index (χ2n) is 4.70. The summed E-state index contributed by atoms with van der Waals surface area (Å²) in [6, 6.07) is 13.8. The maximum atomic E-state index is 11.9. The molecule has 0 bridgehead atoms. The molecule has 0 atom stereocenters. The van der Waals surface area contributed by atoms with Gasteiger partial charge in [-0.05, 0) is 36.4 Å². The highest BCUT2D eigenvalue weighted by molar-refractivity contribution is 5.94. The molecular weight excluding hydrogens is 296 g/mol. The first-order valence-electron chi connectivity index (χ1n) is 6.98. The summed E-state index contributed by atoms with van der Waals surface area (Å²) in [7, 11) is 2.90. The van der Waals surface area contributed by atoms with Gasteiger partial charge < -0.3 is 20.1 Å². The van der Waals surface area contributed by atoms with E-state index in [1.165, 1.54) is 7.11 Å². The van der Waals surface area contributed by atoms with Crippen LogP contribution in [0.25, 0.3) is 0 Å². The lowest BCUT2D eigenvalue weighted by atomic mass is 10.2. The Labute approximate surface area is 134 Å². The minimum atomic E-state index is -0.396. The predicted octanol–water partition coefficient (Wildman–Crippen LogP) is 2.53. The molecular formula is C17H18N2O4. The molecule has 0 heterocycles. The highest BCUT2D eigenvalue weighted by atomic mass is 16.5. The maximum absolute atomic E-state index is 11.9. The van der Waals surface area contributed by atoms with Crippen molar-refractivity contribution in [3.8, 4) is 5.75 Å². The number of carbonyl (C=O) groups is 2. The van der Waals surface area contributed by atoms with E-state index >= 15 is 0 Å². The maximum Gasteiger partial charge on any atom is 0.337 e. The summed E-state index contributed by atoms with van der Waals surface area (Å²) in [4.78, 5) is 23.2. The smallest absolute Gasteiger partial charge is 0.337 e. The monoisotopic (exact) mass is 314 g/mol. The number of amides is 1. The average Bonchev–Trinajstić information content (AvgIpc) is 2.60. The fraction of sp³-hybridized carbons (Fsp3) is 0.176. The van der Waals surface area contributed by atoms with Gasteiger partial charge in [0.05, 0.1) is 26.3 Å². The van der Waals surface area contributed by atoms with Gasteiger partial charge in [-0.3, -0.25) is 4.79 Å². The normalized spacial score (nSPS) is 9.83. The average molecular weight is 314 g/mol. The van der Waals surface area contributed by atoms with Gasteiger partial charge in [0, 0.05) is 17.4 Å². The Bertz CT molecular complexity index is 683. The van der Waals surface area contributed by atoms with Crippen molar-refractivity contribution in [2.45, 2.75) is 0 Å². The molecule has 0 saturated carbocycles. The first-order valence-corrected chi connectivity index (χ1v) is 6.98. The van der Waals surface area contributed by atoms with E-state index in [4.69, 9.17) is 4.74 Å². The van der Waals surface area contributed by atoms with Gasteiger partial charge in [0.1, 0.15) is 5.75 Å². The minimum Gasteiger partial charge on any atom is -0.497 e. The van der Waals surface area contributed by atoms with Crippen LogP contribution in [-0.4, -0.2) is 32.6 Å². The molecule has 0 aliphatic carbocycles. The summed E-state index contributed by atoms with van der Waals surface area (Å²) in [5, 5.41) is 5.75. The number of ether oxygens (including phenoxy) is 2. The van der Waals surface area contributed by atoms with E-state index in [0.717, 1.165) is 5.69 Å². The molecule has 0 aliphatic heterocycles. The number of benzene rings is 2. The number of anilines is 2. The van der Waals surface area contributed by atoms with Crippen LogP contribution in [-0.2, 0) is 9.53 Å². The van der Waals surface area contributed by atoms with Gasteiger partial charge in [-0.2, -0.15) is 0 Å². The van der Waals surface area contributed by atoms with Gasteiger partial charge >= 0.3 is 5.97 Å². The van der Waals surface area contributed by atoms with Crippen LogP contribution in [0.1, 0.15) is 10.4 Å². The van der Waals surface area contributed by atoms with E-state index in [9.17, 15) is 9.59 Å². The molecule has 0 radical (unpaired) electrons. The fourth-order valence-electron chi connectivity index (χ4n) is 1.93. The Hall–Kier alpha value is -3.02. The van der Waals surface area contributed by atoms with Gasteiger partial charge in [-0.25, -0.2) is 4.79 Å². The number of carbonyl (C=O) groups excluding carboxylic acids is 2. The van der Waals surface area contributed by atoms with E-state index in [1.54, 1.807) is 55.6 Å². The van der Waals surface area contributed by atoms with Crippen molar-refractivity contribution in [1.29, 1.82) is 0 Å². The van der Waals surface area contributed by atoms with E-state index in [-0.39, 0.29) is 12.5 Å². The first kappa shape index (κ1) is 16.4. The number of esters is 1. The SMILES string of the molecule is COC(=O)c1ccc(NCC(=O)Nc2cccc(OC)c2)cc1. The third-order valence-corrected chi connectivity index (χ3v) is 3.11. The molecule has 2 N–H and O–H groups in total. The molecule has 2 aromatic rings. The van der Waals surface area contributed by atoms with Crippen molar-refractivity contribution in [2.24, 2.45) is 0 Å². The molecule has 6 heteroatoms. The van der Waals surface area contributed by atoms with Crippen LogP contribution in [0.15, 0.2) is 48.5 Å². The van der Waals surface area contributed by atoms with Gasteiger partial charge in [-0.1, -0.05) is 6.07 Å². The predicted molar refractivity (Wildman–Crippen MR) is 87.9 cm³/mol. The summed E-state index contributed by atoms with van der Waals surface area (Å²) in [5.41, 5.74) is 1.86. The third-order valence-electron chi connectivity index (χ3n) is 3.11. The first-order chi connectivity index (χ1) is 11.1. The molecule has 120 valence electrons. The molecule has 23 heavy (non-hydrogen) atoms. The molecule has 2 aromatic carbocycles. The second kappa shape index (κ2) is 7.84. The topological polar surface area (TPSA) is 76.7 Å². The van der Waals surface area contributed by atoms with E-state index in [1.807, 2.05) is 0 Å². The zero-order valence-electron chi connectivity index (χ0n) is 13.0. The molecule has 0 saturated heterocycles. The molecule has 0 aliphatic rings. The fourth-order valence-corrected chi connectivity index (χ4v) is 1.93. The third kappa shape index (κ3) is 4.74. The lowest BCUT2D eigenvalue weighted by Crippen LogP contribution is -2.21. The van der Waals surface area contributed by atoms with Crippen molar-refractivity contribution in [1.82, 2.24) is 0 Å². The molecule has 0 spiro atoms. The Kier molecular flexibility index (Phi) is 5.57. The Morgan fingerprint density at radius 3 is 2.39 bits per heavy atom. The largest absolute Gasteiger partial charge is 0.497 e. The minimum absolute atomic E-state index is 0.106. The van der Waals surface area contributed by atoms with Crippen molar-refractivity contribution >= 4 is 23.3 Å². The summed E-state index contributed by atoms with van der Waals surface area (Å²) in [6.07, 6.45) is 0. The highest BCUT2D eigenvalue weighted by Crippen LogP contribution is 2.16. The van der Waals surface area contributed by atoms with Crippen LogP contribution in [0.4, 0.5) is 11.4 Å². The van der Waals surface area contributed by atoms with Gasteiger partial charge in [0.2, 0.25) is 5.91 Å². The Morgan fingerprint density at radius 1 is 1.00 bits per heavy atom. The molecule has 2 rings (SSSR count). The summed E-state index contributed by atoms with van der Waals surface area (Å²) in [6.45, 7) is 0.106. The molecule has 0 aromatic heterocycles. The Morgan fingerprint density at radius 2 is 1.74 bits per heavy atom. The van der Waals surface area contributed by atoms with Crippen LogP contribution >= 0.6 is 0 Å². The van der Waals surface area contributed by atoms with Gasteiger partial charge in [0.15, 0.2) is 0 Å².